The topological polar surface area (TPSA) is 41.6 Å². The summed E-state index contributed by atoms with van der Waals surface area (Å²) in [5.74, 6) is 0.442. The van der Waals surface area contributed by atoms with Crippen LogP contribution in [0.4, 0.5) is 11.4 Å². The first-order chi connectivity index (χ1) is 11.9. The quantitative estimate of drug-likeness (QED) is 0.769. The van der Waals surface area contributed by atoms with Crippen LogP contribution in [0.2, 0.25) is 5.02 Å². The van der Waals surface area contributed by atoms with E-state index >= 15 is 0 Å². The molecule has 1 N–H and O–H groups in total. The monoisotopic (exact) mass is 360 g/mol. The Kier molecular flexibility index (Phi) is 6.71. The number of ether oxygens (including phenoxy) is 1. The highest BCUT2D eigenvalue weighted by molar-refractivity contribution is 6.31. The lowest BCUT2D eigenvalue weighted by molar-refractivity contribution is -0.118. The lowest BCUT2D eigenvalue weighted by atomic mass is 10.1. The minimum Gasteiger partial charge on any atom is -0.484 e. The Morgan fingerprint density at radius 3 is 2.40 bits per heavy atom. The van der Waals surface area contributed by atoms with E-state index in [1.165, 1.54) is 0 Å². The Morgan fingerprint density at radius 1 is 1.08 bits per heavy atom. The van der Waals surface area contributed by atoms with Crippen molar-refractivity contribution >= 4 is 28.9 Å². The van der Waals surface area contributed by atoms with Crippen LogP contribution in [0.25, 0.3) is 0 Å². The molecule has 2 aromatic carbocycles. The fourth-order valence-electron chi connectivity index (χ4n) is 2.62. The van der Waals surface area contributed by atoms with Crippen LogP contribution in [0.15, 0.2) is 36.4 Å². The van der Waals surface area contributed by atoms with E-state index in [1.54, 1.807) is 12.1 Å². The molecule has 0 aromatic heterocycles. The maximum atomic E-state index is 12.1. The standard InChI is InChI=1S/C20H25ClN2O2/c1-5-23(6-2)16-7-10-19(15(4)11-16)22-20(24)13-25-17-8-9-18(21)14(3)12-17/h7-12H,5-6,13H2,1-4H3,(H,22,24). The first-order valence-corrected chi connectivity index (χ1v) is 8.86. The number of halogens is 1. The van der Waals surface area contributed by atoms with Gasteiger partial charge in [0.15, 0.2) is 6.61 Å². The average molecular weight is 361 g/mol. The van der Waals surface area contributed by atoms with Crippen LogP contribution in [0.5, 0.6) is 5.75 Å². The highest BCUT2D eigenvalue weighted by Gasteiger charge is 2.09. The minimum absolute atomic E-state index is 0.0433. The summed E-state index contributed by atoms with van der Waals surface area (Å²) in [6.07, 6.45) is 0. The molecule has 2 rings (SSSR count). The third-order valence-electron chi connectivity index (χ3n) is 4.11. The average Bonchev–Trinajstić information content (AvgIpc) is 2.59. The lowest BCUT2D eigenvalue weighted by Crippen LogP contribution is -2.23. The molecule has 0 aliphatic heterocycles. The van der Waals surface area contributed by atoms with Crippen molar-refractivity contribution < 1.29 is 9.53 Å². The van der Waals surface area contributed by atoms with Crippen molar-refractivity contribution in [2.45, 2.75) is 27.7 Å². The highest BCUT2D eigenvalue weighted by Crippen LogP contribution is 2.23. The van der Waals surface area contributed by atoms with Crippen molar-refractivity contribution in [2.75, 3.05) is 29.9 Å². The number of carbonyl (C=O) groups excluding carboxylic acids is 1. The molecular formula is C20H25ClN2O2. The van der Waals surface area contributed by atoms with E-state index < -0.39 is 0 Å². The van der Waals surface area contributed by atoms with E-state index in [0.29, 0.717) is 10.8 Å². The van der Waals surface area contributed by atoms with E-state index in [9.17, 15) is 4.79 Å². The smallest absolute Gasteiger partial charge is 0.262 e. The Bertz CT molecular complexity index is 742. The summed E-state index contributed by atoms with van der Waals surface area (Å²) in [5.41, 5.74) is 3.91. The van der Waals surface area contributed by atoms with Gasteiger partial charge in [0.1, 0.15) is 5.75 Å². The number of hydrogen-bond donors (Lipinski definition) is 1. The van der Waals surface area contributed by atoms with Gasteiger partial charge in [-0.15, -0.1) is 0 Å². The number of nitrogens with one attached hydrogen (secondary N) is 1. The number of anilines is 2. The summed E-state index contributed by atoms with van der Waals surface area (Å²) in [5, 5.41) is 3.58. The second-order valence-electron chi connectivity index (χ2n) is 5.92. The van der Waals surface area contributed by atoms with Crippen LogP contribution in [-0.4, -0.2) is 25.6 Å². The van der Waals surface area contributed by atoms with Crippen LogP contribution in [-0.2, 0) is 4.79 Å². The first kappa shape index (κ1) is 19.1. The molecule has 0 heterocycles. The van der Waals surface area contributed by atoms with E-state index in [4.69, 9.17) is 16.3 Å². The van der Waals surface area contributed by atoms with Crippen molar-refractivity contribution in [2.24, 2.45) is 0 Å². The third kappa shape index (κ3) is 5.13. The molecule has 0 saturated carbocycles. The Balaban J connectivity index is 1.97. The van der Waals surface area contributed by atoms with Crippen LogP contribution in [0.1, 0.15) is 25.0 Å². The predicted molar refractivity (Wildman–Crippen MR) is 105 cm³/mol. The Labute approximate surface area is 154 Å². The van der Waals surface area contributed by atoms with Gasteiger partial charge in [0.2, 0.25) is 0 Å². The molecule has 0 unspecified atom stereocenters. The van der Waals surface area contributed by atoms with E-state index in [2.05, 4.69) is 30.1 Å². The maximum Gasteiger partial charge on any atom is 0.262 e. The van der Waals surface area contributed by atoms with Crippen molar-refractivity contribution in [1.29, 1.82) is 0 Å². The fraction of sp³-hybridized carbons (Fsp3) is 0.350. The van der Waals surface area contributed by atoms with E-state index in [-0.39, 0.29) is 12.5 Å². The minimum atomic E-state index is -0.189. The maximum absolute atomic E-state index is 12.1. The first-order valence-electron chi connectivity index (χ1n) is 8.49. The summed E-state index contributed by atoms with van der Waals surface area (Å²) >= 11 is 5.99. The summed E-state index contributed by atoms with van der Waals surface area (Å²) in [6.45, 7) is 10.0. The molecule has 0 radical (unpaired) electrons. The molecule has 1 amide bonds. The third-order valence-corrected chi connectivity index (χ3v) is 4.54. The van der Waals surface area contributed by atoms with Gasteiger partial charge in [-0.05, 0) is 75.2 Å². The predicted octanol–water partition coefficient (Wildman–Crippen LogP) is 4.82. The molecule has 134 valence electrons. The summed E-state index contributed by atoms with van der Waals surface area (Å²) < 4.78 is 5.53. The van der Waals surface area contributed by atoms with Gasteiger partial charge in [0.05, 0.1) is 0 Å². The van der Waals surface area contributed by atoms with Gasteiger partial charge in [-0.3, -0.25) is 4.79 Å². The van der Waals surface area contributed by atoms with Gasteiger partial charge in [-0.2, -0.15) is 0 Å². The number of benzene rings is 2. The zero-order valence-electron chi connectivity index (χ0n) is 15.2. The summed E-state index contributed by atoms with van der Waals surface area (Å²) in [7, 11) is 0. The summed E-state index contributed by atoms with van der Waals surface area (Å²) in [6, 6.07) is 11.4. The molecule has 25 heavy (non-hydrogen) atoms. The molecule has 0 atom stereocenters. The van der Waals surface area contributed by atoms with Gasteiger partial charge in [-0.25, -0.2) is 0 Å². The second kappa shape index (κ2) is 8.77. The number of rotatable bonds is 7. The van der Waals surface area contributed by atoms with Crippen molar-refractivity contribution in [3.8, 4) is 5.75 Å². The zero-order valence-corrected chi connectivity index (χ0v) is 16.0. The van der Waals surface area contributed by atoms with Gasteiger partial charge < -0.3 is 15.0 Å². The van der Waals surface area contributed by atoms with Crippen LogP contribution in [0, 0.1) is 13.8 Å². The highest BCUT2D eigenvalue weighted by atomic mass is 35.5. The molecule has 0 spiro atoms. The van der Waals surface area contributed by atoms with Gasteiger partial charge in [0, 0.05) is 29.5 Å². The Morgan fingerprint density at radius 2 is 1.80 bits per heavy atom. The van der Waals surface area contributed by atoms with Gasteiger partial charge in [0.25, 0.3) is 5.91 Å². The summed E-state index contributed by atoms with van der Waals surface area (Å²) in [4.78, 5) is 14.4. The van der Waals surface area contributed by atoms with Crippen LogP contribution >= 0.6 is 11.6 Å². The van der Waals surface area contributed by atoms with Crippen molar-refractivity contribution in [3.63, 3.8) is 0 Å². The van der Waals surface area contributed by atoms with E-state index in [1.807, 2.05) is 32.0 Å². The largest absolute Gasteiger partial charge is 0.484 e. The number of amides is 1. The molecule has 4 nitrogen and oxygen atoms in total. The Hall–Kier alpha value is -2.20. The lowest BCUT2D eigenvalue weighted by Gasteiger charge is -2.22. The van der Waals surface area contributed by atoms with Crippen LogP contribution in [0.3, 0.4) is 0 Å². The second-order valence-corrected chi connectivity index (χ2v) is 6.33. The number of carbonyl (C=O) groups is 1. The molecule has 0 aliphatic carbocycles. The zero-order chi connectivity index (χ0) is 18.4. The number of nitrogens with zero attached hydrogens (tertiary/aromatic N) is 1. The molecule has 0 aliphatic rings. The SMILES string of the molecule is CCN(CC)c1ccc(NC(=O)COc2ccc(Cl)c(C)c2)c(C)c1. The molecule has 2 aromatic rings. The van der Waals surface area contributed by atoms with Gasteiger partial charge >= 0.3 is 0 Å². The molecule has 0 saturated heterocycles. The van der Waals surface area contributed by atoms with Crippen molar-refractivity contribution in [3.05, 3.63) is 52.5 Å². The molecular weight excluding hydrogens is 336 g/mol. The molecule has 0 bridgehead atoms. The molecule has 0 fully saturated rings. The number of hydrogen-bond acceptors (Lipinski definition) is 3. The van der Waals surface area contributed by atoms with Crippen molar-refractivity contribution in [1.82, 2.24) is 0 Å². The molecule has 5 heteroatoms. The van der Waals surface area contributed by atoms with E-state index in [0.717, 1.165) is 35.6 Å². The normalized spacial score (nSPS) is 10.4. The number of aryl methyl sites for hydroxylation is 2. The van der Waals surface area contributed by atoms with Crippen LogP contribution < -0.4 is 15.0 Å². The fourth-order valence-corrected chi connectivity index (χ4v) is 2.73. The van der Waals surface area contributed by atoms with Gasteiger partial charge in [-0.1, -0.05) is 11.6 Å².